The molecule has 160 valence electrons. The zero-order chi connectivity index (χ0) is 21.3. The van der Waals surface area contributed by atoms with E-state index in [9.17, 15) is 9.59 Å². The Morgan fingerprint density at radius 2 is 1.63 bits per heavy atom. The number of halogens is 1. The molecule has 1 aliphatic heterocycles. The minimum Gasteiger partial charge on any atom is -0.496 e. The predicted molar refractivity (Wildman–Crippen MR) is 118 cm³/mol. The van der Waals surface area contributed by atoms with Crippen molar-refractivity contribution in [3.05, 3.63) is 59.1 Å². The highest BCUT2D eigenvalue weighted by Crippen LogP contribution is 2.19. The predicted octanol–water partition coefficient (Wildman–Crippen LogP) is 1.90. The van der Waals surface area contributed by atoms with Gasteiger partial charge in [0.15, 0.2) is 0 Å². The summed E-state index contributed by atoms with van der Waals surface area (Å²) < 4.78 is 5.24. The molecule has 0 atom stereocenters. The Hall–Kier alpha value is -2.77. The first kappa shape index (κ1) is 21.9. The van der Waals surface area contributed by atoms with Gasteiger partial charge in [-0.25, -0.2) is 0 Å². The van der Waals surface area contributed by atoms with E-state index in [4.69, 9.17) is 16.3 Å². The highest BCUT2D eigenvalue weighted by molar-refractivity contribution is 6.35. The highest BCUT2D eigenvalue weighted by atomic mass is 35.5. The monoisotopic (exact) mass is 430 g/mol. The van der Waals surface area contributed by atoms with Gasteiger partial charge in [0, 0.05) is 62.1 Å². The normalized spacial score (nSPS) is 14.3. The van der Waals surface area contributed by atoms with Crippen molar-refractivity contribution in [2.75, 3.05) is 51.3 Å². The molecule has 7 nitrogen and oxygen atoms in total. The number of para-hydroxylation sites is 1. The van der Waals surface area contributed by atoms with Gasteiger partial charge >= 0.3 is 11.8 Å². The molecule has 0 saturated carbocycles. The molecule has 30 heavy (non-hydrogen) atoms. The second kappa shape index (κ2) is 10.8. The second-order valence-electron chi connectivity index (χ2n) is 7.06. The van der Waals surface area contributed by atoms with E-state index in [2.05, 4.69) is 20.4 Å². The van der Waals surface area contributed by atoms with Crippen molar-refractivity contribution in [3.63, 3.8) is 0 Å². The lowest BCUT2D eigenvalue weighted by atomic mass is 10.2. The standard InChI is InChI=1S/C22H27ClN4O3/c1-30-20-5-3-2-4-17(20)16-25-22(29)21(28)24-10-11-26-12-14-27(15-13-26)19-8-6-18(23)7-9-19/h2-9H,10-16H2,1H3,(H,24,28)(H,25,29). The average Bonchev–Trinajstić information content (AvgIpc) is 2.78. The summed E-state index contributed by atoms with van der Waals surface area (Å²) in [5, 5.41) is 6.06. The zero-order valence-electron chi connectivity index (χ0n) is 17.1. The summed E-state index contributed by atoms with van der Waals surface area (Å²) in [4.78, 5) is 28.7. The average molecular weight is 431 g/mol. The Bertz CT molecular complexity index is 852. The molecule has 2 amide bonds. The molecule has 0 unspecified atom stereocenters. The van der Waals surface area contributed by atoms with E-state index in [0.29, 0.717) is 18.8 Å². The smallest absolute Gasteiger partial charge is 0.309 e. The number of ether oxygens (including phenoxy) is 1. The van der Waals surface area contributed by atoms with Crippen LogP contribution in [0.15, 0.2) is 48.5 Å². The molecular formula is C22H27ClN4O3. The zero-order valence-corrected chi connectivity index (χ0v) is 17.8. The van der Waals surface area contributed by atoms with Gasteiger partial charge in [0.05, 0.1) is 7.11 Å². The fourth-order valence-electron chi connectivity index (χ4n) is 3.39. The lowest BCUT2D eigenvalue weighted by molar-refractivity contribution is -0.139. The number of carbonyl (C=O) groups is 2. The number of hydrogen-bond acceptors (Lipinski definition) is 5. The number of amides is 2. The Kier molecular flexibility index (Phi) is 7.93. The van der Waals surface area contributed by atoms with Crippen LogP contribution in [0.4, 0.5) is 5.69 Å². The number of nitrogens with one attached hydrogen (secondary N) is 2. The first-order valence-electron chi connectivity index (χ1n) is 9.97. The Labute approximate surface area is 181 Å². The van der Waals surface area contributed by atoms with Crippen LogP contribution in [0.2, 0.25) is 5.02 Å². The summed E-state index contributed by atoms with van der Waals surface area (Å²) in [6, 6.07) is 15.2. The van der Waals surface area contributed by atoms with E-state index in [0.717, 1.165) is 36.8 Å². The molecule has 0 aliphatic carbocycles. The van der Waals surface area contributed by atoms with Gasteiger partial charge in [-0.05, 0) is 30.3 Å². The molecule has 0 radical (unpaired) electrons. The van der Waals surface area contributed by atoms with Crippen molar-refractivity contribution in [1.82, 2.24) is 15.5 Å². The first-order chi connectivity index (χ1) is 14.6. The van der Waals surface area contributed by atoms with Gasteiger partial charge in [-0.2, -0.15) is 0 Å². The molecule has 0 bridgehead atoms. The molecule has 2 aromatic rings. The molecule has 2 N–H and O–H groups in total. The van der Waals surface area contributed by atoms with E-state index in [-0.39, 0.29) is 6.54 Å². The van der Waals surface area contributed by atoms with Crippen LogP contribution in [-0.4, -0.2) is 63.1 Å². The van der Waals surface area contributed by atoms with Crippen LogP contribution in [0.1, 0.15) is 5.56 Å². The molecule has 1 aliphatic rings. The SMILES string of the molecule is COc1ccccc1CNC(=O)C(=O)NCCN1CCN(c2ccc(Cl)cc2)CC1. The molecule has 3 rings (SSSR count). The van der Waals surface area contributed by atoms with E-state index in [1.165, 1.54) is 5.69 Å². The van der Waals surface area contributed by atoms with Crippen LogP contribution < -0.4 is 20.3 Å². The molecule has 1 saturated heterocycles. The summed E-state index contributed by atoms with van der Waals surface area (Å²) in [5.41, 5.74) is 1.98. The Morgan fingerprint density at radius 3 is 2.33 bits per heavy atom. The summed E-state index contributed by atoms with van der Waals surface area (Å²) >= 11 is 5.95. The number of anilines is 1. The van der Waals surface area contributed by atoms with Crippen LogP contribution >= 0.6 is 11.6 Å². The quantitative estimate of drug-likeness (QED) is 0.656. The number of rotatable bonds is 7. The van der Waals surface area contributed by atoms with Crippen LogP contribution in [-0.2, 0) is 16.1 Å². The van der Waals surface area contributed by atoms with Crippen LogP contribution in [0.5, 0.6) is 5.75 Å². The van der Waals surface area contributed by atoms with E-state index < -0.39 is 11.8 Å². The molecule has 1 fully saturated rings. The highest BCUT2D eigenvalue weighted by Gasteiger charge is 2.18. The molecule has 0 spiro atoms. The molecule has 8 heteroatoms. The van der Waals surface area contributed by atoms with Crippen molar-refractivity contribution in [2.24, 2.45) is 0 Å². The van der Waals surface area contributed by atoms with Crippen LogP contribution in [0, 0.1) is 0 Å². The maximum absolute atomic E-state index is 12.0. The lowest BCUT2D eigenvalue weighted by Crippen LogP contribution is -2.49. The minimum atomic E-state index is -0.645. The first-order valence-corrected chi connectivity index (χ1v) is 10.4. The fourth-order valence-corrected chi connectivity index (χ4v) is 3.52. The third-order valence-electron chi connectivity index (χ3n) is 5.12. The molecule has 0 aromatic heterocycles. The topological polar surface area (TPSA) is 73.9 Å². The lowest BCUT2D eigenvalue weighted by Gasteiger charge is -2.36. The number of hydrogen-bond donors (Lipinski definition) is 2. The molecule has 2 aromatic carbocycles. The number of benzene rings is 2. The summed E-state index contributed by atoms with van der Waals surface area (Å²) in [6.45, 7) is 5.01. The van der Waals surface area contributed by atoms with Gasteiger partial charge < -0.3 is 20.3 Å². The number of nitrogens with zero attached hydrogens (tertiary/aromatic N) is 2. The van der Waals surface area contributed by atoms with Gasteiger partial charge in [-0.3, -0.25) is 14.5 Å². The van der Waals surface area contributed by atoms with Crippen molar-refractivity contribution < 1.29 is 14.3 Å². The summed E-state index contributed by atoms with van der Waals surface area (Å²) in [6.07, 6.45) is 0. The fraction of sp³-hybridized carbons (Fsp3) is 0.364. The van der Waals surface area contributed by atoms with E-state index in [1.807, 2.05) is 48.5 Å². The maximum atomic E-state index is 12.0. The second-order valence-corrected chi connectivity index (χ2v) is 7.49. The third kappa shape index (κ3) is 6.11. The van der Waals surface area contributed by atoms with Gasteiger partial charge in [0.1, 0.15) is 5.75 Å². The number of methoxy groups -OCH3 is 1. The Morgan fingerprint density at radius 1 is 0.967 bits per heavy atom. The van der Waals surface area contributed by atoms with Crippen molar-refractivity contribution >= 4 is 29.1 Å². The van der Waals surface area contributed by atoms with Gasteiger partial charge in [0.25, 0.3) is 0 Å². The van der Waals surface area contributed by atoms with E-state index >= 15 is 0 Å². The molecule has 1 heterocycles. The van der Waals surface area contributed by atoms with Crippen LogP contribution in [0.3, 0.4) is 0 Å². The van der Waals surface area contributed by atoms with Crippen molar-refractivity contribution in [2.45, 2.75) is 6.54 Å². The van der Waals surface area contributed by atoms with Gasteiger partial charge in [0.2, 0.25) is 0 Å². The van der Waals surface area contributed by atoms with Crippen LogP contribution in [0.25, 0.3) is 0 Å². The minimum absolute atomic E-state index is 0.239. The van der Waals surface area contributed by atoms with Gasteiger partial charge in [-0.1, -0.05) is 29.8 Å². The number of piperazine rings is 1. The Balaban J connectivity index is 1.34. The van der Waals surface area contributed by atoms with Crippen molar-refractivity contribution in [3.8, 4) is 5.75 Å². The maximum Gasteiger partial charge on any atom is 0.309 e. The summed E-state index contributed by atoms with van der Waals surface area (Å²) in [7, 11) is 1.57. The summed E-state index contributed by atoms with van der Waals surface area (Å²) in [5.74, 6) is -0.589. The largest absolute Gasteiger partial charge is 0.496 e. The van der Waals surface area contributed by atoms with Gasteiger partial charge in [-0.15, -0.1) is 0 Å². The third-order valence-corrected chi connectivity index (χ3v) is 5.37. The van der Waals surface area contributed by atoms with E-state index in [1.54, 1.807) is 7.11 Å². The molecular weight excluding hydrogens is 404 g/mol. The van der Waals surface area contributed by atoms with Crippen molar-refractivity contribution in [1.29, 1.82) is 0 Å². The number of carbonyl (C=O) groups excluding carboxylic acids is 2.